The summed E-state index contributed by atoms with van der Waals surface area (Å²) in [5, 5.41) is 13.1. The van der Waals surface area contributed by atoms with Crippen molar-refractivity contribution in [2.75, 3.05) is 5.75 Å². The number of carboxylic acids is 1. The number of hydrogen-bond acceptors (Lipinski definition) is 5. The van der Waals surface area contributed by atoms with E-state index in [4.69, 9.17) is 9.63 Å². The molecule has 1 N–H and O–H groups in total. The molecule has 1 fully saturated rings. The summed E-state index contributed by atoms with van der Waals surface area (Å²) in [6.07, 6.45) is 4.26. The summed E-state index contributed by atoms with van der Waals surface area (Å²) in [4.78, 5) is 15.0. The molecule has 1 aliphatic heterocycles. The molecule has 5 nitrogen and oxygen atoms in total. The smallest absolute Gasteiger partial charge is 0.303 e. The molecule has 18 heavy (non-hydrogen) atoms. The van der Waals surface area contributed by atoms with Crippen molar-refractivity contribution in [1.82, 2.24) is 10.1 Å². The number of aromatic nitrogens is 2. The molecular weight excluding hydrogens is 252 g/mol. The Labute approximate surface area is 110 Å². The van der Waals surface area contributed by atoms with E-state index in [2.05, 4.69) is 10.1 Å². The van der Waals surface area contributed by atoms with Crippen LogP contribution in [0.1, 0.15) is 49.6 Å². The van der Waals surface area contributed by atoms with E-state index in [1.807, 2.05) is 18.7 Å². The summed E-state index contributed by atoms with van der Waals surface area (Å²) in [5.74, 6) is 1.73. The lowest BCUT2D eigenvalue weighted by Gasteiger charge is -2.17. The van der Waals surface area contributed by atoms with Gasteiger partial charge in [0.15, 0.2) is 5.82 Å². The van der Waals surface area contributed by atoms with Crippen LogP contribution in [0.15, 0.2) is 4.52 Å². The van der Waals surface area contributed by atoms with Crippen LogP contribution in [0.5, 0.6) is 0 Å². The minimum atomic E-state index is -0.787. The first-order valence-corrected chi connectivity index (χ1v) is 7.36. The van der Waals surface area contributed by atoms with Crippen molar-refractivity contribution in [3.05, 3.63) is 11.7 Å². The van der Waals surface area contributed by atoms with Gasteiger partial charge in [0.25, 0.3) is 0 Å². The maximum atomic E-state index is 10.6. The van der Waals surface area contributed by atoms with Gasteiger partial charge in [0.05, 0.1) is 5.25 Å². The molecule has 1 aromatic heterocycles. The fraction of sp³-hybridized carbons (Fsp3) is 0.750. The van der Waals surface area contributed by atoms with Gasteiger partial charge in [0.1, 0.15) is 0 Å². The Kier molecular flexibility index (Phi) is 4.63. The molecule has 2 heterocycles. The first kappa shape index (κ1) is 13.4. The number of hydrogen-bond donors (Lipinski definition) is 1. The zero-order valence-corrected chi connectivity index (χ0v) is 11.3. The summed E-state index contributed by atoms with van der Waals surface area (Å²) in [5.41, 5.74) is 0. The molecule has 100 valence electrons. The van der Waals surface area contributed by atoms with Crippen molar-refractivity contribution in [2.45, 2.75) is 44.3 Å². The highest BCUT2D eigenvalue weighted by Crippen LogP contribution is 2.36. The van der Waals surface area contributed by atoms with Gasteiger partial charge in [-0.15, -0.1) is 0 Å². The molecule has 0 spiro atoms. The largest absolute Gasteiger partial charge is 0.481 e. The monoisotopic (exact) mass is 270 g/mol. The number of nitrogens with zero attached hydrogens (tertiary/aromatic N) is 2. The summed E-state index contributed by atoms with van der Waals surface area (Å²) >= 11 is 1.88. The van der Waals surface area contributed by atoms with Gasteiger partial charge in [-0.2, -0.15) is 16.7 Å². The molecular formula is C12H18N2O3S. The highest BCUT2D eigenvalue weighted by Gasteiger charge is 2.22. The van der Waals surface area contributed by atoms with E-state index in [1.165, 1.54) is 12.8 Å². The number of carbonyl (C=O) groups is 1. The van der Waals surface area contributed by atoms with E-state index >= 15 is 0 Å². The van der Waals surface area contributed by atoms with Crippen molar-refractivity contribution in [2.24, 2.45) is 5.92 Å². The van der Waals surface area contributed by atoms with Crippen LogP contribution in [0.4, 0.5) is 0 Å². The third-order valence-electron chi connectivity index (χ3n) is 3.00. The maximum absolute atomic E-state index is 10.6. The van der Waals surface area contributed by atoms with E-state index in [9.17, 15) is 4.79 Å². The van der Waals surface area contributed by atoms with Crippen LogP contribution in [0.25, 0.3) is 0 Å². The Balaban J connectivity index is 1.91. The standard InChI is InChI=1S/C12H18N2O3S/c1-8(7-11(15)16)6-10-13-12(14-17-10)9-4-2-3-5-18-9/h8-9H,2-7H2,1H3,(H,15,16). The van der Waals surface area contributed by atoms with Gasteiger partial charge in [0.2, 0.25) is 5.89 Å². The Morgan fingerprint density at radius 1 is 1.61 bits per heavy atom. The van der Waals surface area contributed by atoms with Crippen molar-refractivity contribution in [3.63, 3.8) is 0 Å². The van der Waals surface area contributed by atoms with E-state index < -0.39 is 5.97 Å². The third-order valence-corrected chi connectivity index (χ3v) is 4.37. The average molecular weight is 270 g/mol. The van der Waals surface area contributed by atoms with Crippen LogP contribution in [-0.4, -0.2) is 27.0 Å². The first-order chi connectivity index (χ1) is 8.65. The normalized spacial score (nSPS) is 21.7. The summed E-state index contributed by atoms with van der Waals surface area (Å²) < 4.78 is 5.20. The third kappa shape index (κ3) is 3.73. The average Bonchev–Trinajstić information content (AvgIpc) is 2.77. The Hall–Kier alpha value is -1.04. The predicted molar refractivity (Wildman–Crippen MR) is 68.5 cm³/mol. The lowest BCUT2D eigenvalue weighted by molar-refractivity contribution is -0.137. The Morgan fingerprint density at radius 2 is 2.44 bits per heavy atom. The molecule has 0 aromatic carbocycles. The highest BCUT2D eigenvalue weighted by atomic mass is 32.2. The van der Waals surface area contributed by atoms with E-state index in [1.54, 1.807) is 0 Å². The fourth-order valence-corrected chi connectivity index (χ4v) is 3.33. The molecule has 0 bridgehead atoms. The van der Waals surface area contributed by atoms with E-state index in [0.717, 1.165) is 18.0 Å². The Morgan fingerprint density at radius 3 is 3.11 bits per heavy atom. The van der Waals surface area contributed by atoms with Gasteiger partial charge >= 0.3 is 5.97 Å². The van der Waals surface area contributed by atoms with Crippen molar-refractivity contribution in [3.8, 4) is 0 Å². The van der Waals surface area contributed by atoms with Gasteiger partial charge in [-0.05, 0) is 24.5 Å². The SMILES string of the molecule is CC(CC(=O)O)Cc1nc(C2CCCCS2)no1. The number of rotatable bonds is 5. The lowest BCUT2D eigenvalue weighted by Crippen LogP contribution is -2.07. The maximum Gasteiger partial charge on any atom is 0.303 e. The van der Waals surface area contributed by atoms with Crippen LogP contribution >= 0.6 is 11.8 Å². The van der Waals surface area contributed by atoms with Crippen molar-refractivity contribution >= 4 is 17.7 Å². The minimum Gasteiger partial charge on any atom is -0.481 e. The summed E-state index contributed by atoms with van der Waals surface area (Å²) in [6.45, 7) is 1.88. The van der Waals surface area contributed by atoms with Gasteiger partial charge in [0, 0.05) is 12.8 Å². The molecule has 2 unspecified atom stereocenters. The molecule has 6 heteroatoms. The van der Waals surface area contributed by atoms with E-state index in [0.29, 0.717) is 17.6 Å². The van der Waals surface area contributed by atoms with Crippen molar-refractivity contribution < 1.29 is 14.4 Å². The highest BCUT2D eigenvalue weighted by molar-refractivity contribution is 7.99. The zero-order valence-electron chi connectivity index (χ0n) is 10.5. The Bertz CT molecular complexity index is 402. The molecule has 2 rings (SSSR count). The number of aliphatic carboxylic acids is 1. The lowest BCUT2D eigenvalue weighted by atomic mass is 10.0. The molecule has 0 amide bonds. The van der Waals surface area contributed by atoms with Crippen LogP contribution in [0.2, 0.25) is 0 Å². The van der Waals surface area contributed by atoms with E-state index in [-0.39, 0.29) is 12.3 Å². The van der Waals surface area contributed by atoms with Gasteiger partial charge in [-0.25, -0.2) is 0 Å². The minimum absolute atomic E-state index is 0.0230. The fourth-order valence-electron chi connectivity index (χ4n) is 2.09. The molecule has 0 saturated carbocycles. The van der Waals surface area contributed by atoms with Crippen LogP contribution in [0.3, 0.4) is 0 Å². The van der Waals surface area contributed by atoms with Crippen molar-refractivity contribution in [1.29, 1.82) is 0 Å². The summed E-state index contributed by atoms with van der Waals surface area (Å²) in [7, 11) is 0. The molecule has 1 aromatic rings. The summed E-state index contributed by atoms with van der Waals surface area (Å²) in [6, 6.07) is 0. The molecule has 0 radical (unpaired) electrons. The predicted octanol–water partition coefficient (Wildman–Crippen LogP) is 2.68. The molecule has 2 atom stereocenters. The second-order valence-electron chi connectivity index (χ2n) is 4.81. The molecule has 1 aliphatic rings. The second kappa shape index (κ2) is 6.22. The van der Waals surface area contributed by atoms with Crippen LogP contribution in [0, 0.1) is 5.92 Å². The second-order valence-corrected chi connectivity index (χ2v) is 6.12. The number of thioether (sulfide) groups is 1. The van der Waals surface area contributed by atoms with Gasteiger partial charge < -0.3 is 9.63 Å². The number of carboxylic acid groups (broad SMARTS) is 1. The van der Waals surface area contributed by atoms with Crippen LogP contribution in [-0.2, 0) is 11.2 Å². The molecule has 0 aliphatic carbocycles. The molecule has 1 saturated heterocycles. The quantitative estimate of drug-likeness (QED) is 0.886. The van der Waals surface area contributed by atoms with Gasteiger partial charge in [-0.1, -0.05) is 18.5 Å². The van der Waals surface area contributed by atoms with Crippen LogP contribution < -0.4 is 0 Å². The zero-order chi connectivity index (χ0) is 13.0. The first-order valence-electron chi connectivity index (χ1n) is 6.31. The topological polar surface area (TPSA) is 76.2 Å². The van der Waals surface area contributed by atoms with Gasteiger partial charge in [-0.3, -0.25) is 4.79 Å².